The summed E-state index contributed by atoms with van der Waals surface area (Å²) in [5.41, 5.74) is 0.0303. The molecule has 13 heavy (non-hydrogen) atoms. The van der Waals surface area contributed by atoms with E-state index < -0.39 is 0 Å². The lowest BCUT2D eigenvalue weighted by atomic mass is 9.71. The molecule has 0 spiro atoms. The quantitative estimate of drug-likeness (QED) is 0.652. The zero-order valence-corrected chi connectivity index (χ0v) is 9.23. The Bertz CT molecular complexity index is 184. The predicted molar refractivity (Wildman–Crippen MR) is 55.7 cm³/mol. The van der Waals surface area contributed by atoms with Crippen molar-refractivity contribution in [2.75, 3.05) is 0 Å². The smallest absolute Gasteiger partial charge is 0.138 e. The average molecular weight is 182 g/mol. The standard InChI is InChI=1S/C12H22O/c1-10(2)7-9-12(3)8-5-4-6-11(12)13/h10H,4-9H2,1-3H3/t12-/m1/s1. The van der Waals surface area contributed by atoms with Gasteiger partial charge in [0.05, 0.1) is 0 Å². The topological polar surface area (TPSA) is 17.1 Å². The minimum atomic E-state index is 0.0303. The zero-order chi connectivity index (χ0) is 9.90. The lowest BCUT2D eigenvalue weighted by Crippen LogP contribution is -2.31. The largest absolute Gasteiger partial charge is 0.299 e. The SMILES string of the molecule is CC(C)CC[C@@]1(C)CCCCC1=O. The van der Waals surface area contributed by atoms with Crippen molar-refractivity contribution in [1.82, 2.24) is 0 Å². The molecule has 1 nitrogen and oxygen atoms in total. The summed E-state index contributed by atoms with van der Waals surface area (Å²) in [4.78, 5) is 11.7. The van der Waals surface area contributed by atoms with Gasteiger partial charge in [-0.3, -0.25) is 4.79 Å². The summed E-state index contributed by atoms with van der Waals surface area (Å²) in [5.74, 6) is 1.24. The molecule has 0 saturated heterocycles. The molecule has 1 saturated carbocycles. The summed E-state index contributed by atoms with van der Waals surface area (Å²) in [6.45, 7) is 6.63. The van der Waals surface area contributed by atoms with E-state index in [0.29, 0.717) is 5.78 Å². The molecule has 1 atom stereocenters. The predicted octanol–water partition coefficient (Wildman–Crippen LogP) is 3.57. The van der Waals surface area contributed by atoms with Crippen molar-refractivity contribution < 1.29 is 4.79 Å². The summed E-state index contributed by atoms with van der Waals surface area (Å²) in [6.07, 6.45) is 6.62. The van der Waals surface area contributed by atoms with Crippen LogP contribution in [0, 0.1) is 11.3 Å². The first-order chi connectivity index (χ1) is 6.04. The van der Waals surface area contributed by atoms with Crippen LogP contribution >= 0.6 is 0 Å². The highest BCUT2D eigenvalue weighted by Gasteiger charge is 2.34. The molecule has 0 radical (unpaired) electrons. The number of hydrogen-bond donors (Lipinski definition) is 0. The van der Waals surface area contributed by atoms with E-state index in [1.165, 1.54) is 12.8 Å². The molecule has 0 heterocycles. The first-order valence-electron chi connectivity index (χ1n) is 5.58. The van der Waals surface area contributed by atoms with Gasteiger partial charge in [0.2, 0.25) is 0 Å². The first kappa shape index (κ1) is 10.7. The maximum atomic E-state index is 11.7. The van der Waals surface area contributed by atoms with E-state index in [2.05, 4.69) is 20.8 Å². The summed E-state index contributed by atoms with van der Waals surface area (Å²) in [5, 5.41) is 0. The molecule has 0 aromatic rings. The van der Waals surface area contributed by atoms with Gasteiger partial charge >= 0.3 is 0 Å². The van der Waals surface area contributed by atoms with Crippen LogP contribution in [0.25, 0.3) is 0 Å². The van der Waals surface area contributed by atoms with Crippen LogP contribution < -0.4 is 0 Å². The lowest BCUT2D eigenvalue weighted by Gasteiger charge is -2.32. The third kappa shape index (κ3) is 2.82. The van der Waals surface area contributed by atoms with Crippen molar-refractivity contribution in [3.05, 3.63) is 0 Å². The van der Waals surface area contributed by atoms with Crippen LogP contribution in [0.5, 0.6) is 0 Å². The molecule has 0 bridgehead atoms. The molecule has 1 heteroatoms. The molecule has 76 valence electrons. The van der Waals surface area contributed by atoms with Crippen molar-refractivity contribution in [3.8, 4) is 0 Å². The maximum absolute atomic E-state index is 11.7. The van der Waals surface area contributed by atoms with Crippen molar-refractivity contribution in [2.24, 2.45) is 11.3 Å². The van der Waals surface area contributed by atoms with Crippen LogP contribution in [0.3, 0.4) is 0 Å². The van der Waals surface area contributed by atoms with Crippen molar-refractivity contribution in [1.29, 1.82) is 0 Å². The highest BCUT2D eigenvalue weighted by atomic mass is 16.1. The monoisotopic (exact) mass is 182 g/mol. The van der Waals surface area contributed by atoms with Crippen LogP contribution in [-0.2, 0) is 4.79 Å². The highest BCUT2D eigenvalue weighted by Crippen LogP contribution is 2.37. The number of hydrogen-bond acceptors (Lipinski definition) is 1. The Labute approximate surface area is 81.9 Å². The number of rotatable bonds is 3. The summed E-state index contributed by atoms with van der Waals surface area (Å²) in [6, 6.07) is 0. The normalized spacial score (nSPS) is 29.7. The Balaban J connectivity index is 2.47. The number of carbonyl (C=O) groups excluding carboxylic acids is 1. The fourth-order valence-corrected chi connectivity index (χ4v) is 2.11. The van der Waals surface area contributed by atoms with E-state index in [1.807, 2.05) is 0 Å². The fourth-order valence-electron chi connectivity index (χ4n) is 2.11. The molecule has 0 aromatic carbocycles. The van der Waals surface area contributed by atoms with Gasteiger partial charge < -0.3 is 0 Å². The molecule has 0 aromatic heterocycles. The van der Waals surface area contributed by atoms with Gasteiger partial charge in [-0.05, 0) is 25.2 Å². The minimum Gasteiger partial charge on any atom is -0.299 e. The molecule has 1 fully saturated rings. The lowest BCUT2D eigenvalue weighted by molar-refractivity contribution is -0.130. The van der Waals surface area contributed by atoms with Gasteiger partial charge in [0.1, 0.15) is 5.78 Å². The molecule has 0 aliphatic heterocycles. The van der Waals surface area contributed by atoms with E-state index >= 15 is 0 Å². The molecule has 0 N–H and O–H groups in total. The number of Topliss-reactive ketones (excluding diaryl/α,β-unsaturated/α-hetero) is 1. The minimum absolute atomic E-state index is 0.0303. The molecule has 1 aliphatic rings. The Kier molecular flexibility index (Phi) is 3.52. The van der Waals surface area contributed by atoms with Gasteiger partial charge in [0.25, 0.3) is 0 Å². The summed E-state index contributed by atoms with van der Waals surface area (Å²) < 4.78 is 0. The zero-order valence-electron chi connectivity index (χ0n) is 9.23. The summed E-state index contributed by atoms with van der Waals surface area (Å²) >= 11 is 0. The summed E-state index contributed by atoms with van der Waals surface area (Å²) in [7, 11) is 0. The van der Waals surface area contributed by atoms with E-state index in [0.717, 1.165) is 31.6 Å². The Morgan fingerprint density at radius 1 is 1.38 bits per heavy atom. The third-order valence-electron chi connectivity index (χ3n) is 3.33. The molecule has 0 amide bonds. The van der Waals surface area contributed by atoms with Gasteiger partial charge in [-0.2, -0.15) is 0 Å². The van der Waals surface area contributed by atoms with E-state index in [9.17, 15) is 4.79 Å². The first-order valence-corrected chi connectivity index (χ1v) is 5.58. The van der Waals surface area contributed by atoms with Crippen LogP contribution in [0.15, 0.2) is 0 Å². The van der Waals surface area contributed by atoms with Crippen molar-refractivity contribution in [3.63, 3.8) is 0 Å². The van der Waals surface area contributed by atoms with Gasteiger partial charge in [0, 0.05) is 11.8 Å². The third-order valence-corrected chi connectivity index (χ3v) is 3.33. The second-order valence-electron chi connectivity index (χ2n) is 5.12. The molecular weight excluding hydrogens is 160 g/mol. The van der Waals surface area contributed by atoms with Crippen LogP contribution in [0.4, 0.5) is 0 Å². The van der Waals surface area contributed by atoms with Gasteiger partial charge in [-0.25, -0.2) is 0 Å². The van der Waals surface area contributed by atoms with Gasteiger partial charge in [-0.15, -0.1) is 0 Å². The fraction of sp³-hybridized carbons (Fsp3) is 0.917. The Morgan fingerprint density at radius 2 is 2.08 bits per heavy atom. The van der Waals surface area contributed by atoms with Crippen molar-refractivity contribution >= 4 is 5.78 Å². The Morgan fingerprint density at radius 3 is 2.62 bits per heavy atom. The highest BCUT2D eigenvalue weighted by molar-refractivity contribution is 5.85. The second-order valence-corrected chi connectivity index (χ2v) is 5.12. The number of ketones is 1. The number of carbonyl (C=O) groups is 1. The maximum Gasteiger partial charge on any atom is 0.138 e. The van der Waals surface area contributed by atoms with Crippen LogP contribution in [0.2, 0.25) is 0 Å². The van der Waals surface area contributed by atoms with E-state index in [-0.39, 0.29) is 5.41 Å². The molecule has 1 rings (SSSR count). The van der Waals surface area contributed by atoms with Gasteiger partial charge in [-0.1, -0.05) is 33.6 Å². The van der Waals surface area contributed by atoms with Gasteiger partial charge in [0.15, 0.2) is 0 Å². The molecular formula is C12H22O. The molecule has 0 unspecified atom stereocenters. The van der Waals surface area contributed by atoms with E-state index in [1.54, 1.807) is 0 Å². The van der Waals surface area contributed by atoms with Crippen LogP contribution in [0.1, 0.15) is 59.3 Å². The van der Waals surface area contributed by atoms with E-state index in [4.69, 9.17) is 0 Å². The molecule has 1 aliphatic carbocycles. The average Bonchev–Trinajstić information content (AvgIpc) is 2.07. The second kappa shape index (κ2) is 4.26. The van der Waals surface area contributed by atoms with Crippen molar-refractivity contribution in [2.45, 2.75) is 59.3 Å². The Hall–Kier alpha value is -0.330. The van der Waals surface area contributed by atoms with Crippen LogP contribution in [-0.4, -0.2) is 5.78 Å².